The van der Waals surface area contributed by atoms with E-state index in [9.17, 15) is 0 Å². The molecule has 9 aromatic rings. The first-order valence-corrected chi connectivity index (χ1v) is 19.3. The van der Waals surface area contributed by atoms with Crippen LogP contribution in [-0.2, 0) is 11.0 Å². The van der Waals surface area contributed by atoms with Crippen molar-refractivity contribution in [2.24, 2.45) is 0 Å². The van der Waals surface area contributed by atoms with Crippen LogP contribution >= 0.6 is 7.14 Å². The lowest BCUT2D eigenvalue weighted by molar-refractivity contribution is 0.592. The molecule has 10 rings (SSSR count). The van der Waals surface area contributed by atoms with Gasteiger partial charge in [0.15, 0.2) is 7.14 Å². The Hall–Kier alpha value is -6.02. The summed E-state index contributed by atoms with van der Waals surface area (Å²) in [5, 5.41) is 7.40. The van der Waals surface area contributed by atoms with Crippen LogP contribution in [0.4, 0.5) is 0 Å². The highest BCUT2D eigenvalue weighted by Crippen LogP contribution is 2.50. The molecule has 51 heavy (non-hydrogen) atoms. The van der Waals surface area contributed by atoms with E-state index in [1.165, 1.54) is 43.8 Å². The summed E-state index contributed by atoms with van der Waals surface area (Å²) in [4.78, 5) is 5.01. The number of aryl methyl sites for hydroxylation is 1. The van der Waals surface area contributed by atoms with Crippen molar-refractivity contribution in [2.45, 2.75) is 13.3 Å². The second kappa shape index (κ2) is 11.5. The number of fused-ring (bicyclic) bond motifs is 4. The molecular weight excluding hydrogens is 640 g/mol. The lowest BCUT2D eigenvalue weighted by Crippen LogP contribution is -2.33. The second-order valence-electron chi connectivity index (χ2n) is 13.3. The van der Waals surface area contributed by atoms with Gasteiger partial charge < -0.3 is 4.57 Å². The van der Waals surface area contributed by atoms with E-state index in [-0.39, 0.29) is 0 Å². The molecule has 0 saturated heterocycles. The number of hydrogen-bond acceptors (Lipinski definition) is 2. The number of nitrogens with zero attached hydrogens (tertiary/aromatic N) is 2. The maximum Gasteiger partial charge on any atom is 0.175 e. The van der Waals surface area contributed by atoms with Crippen molar-refractivity contribution >= 4 is 55.6 Å². The molecule has 1 unspecified atom stereocenters. The van der Waals surface area contributed by atoms with E-state index in [0.29, 0.717) is 0 Å². The second-order valence-corrected chi connectivity index (χ2v) is 16.0. The smallest absolute Gasteiger partial charge is 0.175 e. The summed E-state index contributed by atoms with van der Waals surface area (Å²) in [6, 6.07) is 59.7. The first-order valence-electron chi connectivity index (χ1n) is 17.6. The van der Waals surface area contributed by atoms with Gasteiger partial charge in [-0.15, -0.1) is 0 Å². The zero-order chi connectivity index (χ0) is 34.1. The van der Waals surface area contributed by atoms with Crippen LogP contribution in [0.5, 0.6) is 0 Å². The van der Waals surface area contributed by atoms with E-state index in [2.05, 4.69) is 133 Å². The summed E-state index contributed by atoms with van der Waals surface area (Å²) in [6.45, 7) is 2.14. The van der Waals surface area contributed by atoms with E-state index in [0.717, 1.165) is 56.0 Å². The standard InChI is InChI=1S/C47H33N2OP/c1-2-44-48-40-23-14-24-42-47(40)49(44)41-28-26-34(30-43(41)51(42,50)35-19-10-5-11-20-35)33-25-27-38-39(29-33)46(32-17-8-4-9-18-32)37-22-13-12-21-36(37)45(38)31-15-6-3-7-16-31/h3-30H,2H2,1H3. The topological polar surface area (TPSA) is 34.9 Å². The van der Waals surface area contributed by atoms with E-state index in [1.807, 2.05) is 48.5 Å². The van der Waals surface area contributed by atoms with Crippen LogP contribution in [0, 0.1) is 0 Å². The molecule has 2 heterocycles. The molecule has 242 valence electrons. The van der Waals surface area contributed by atoms with Gasteiger partial charge in [-0.2, -0.15) is 0 Å². The highest BCUT2D eigenvalue weighted by atomic mass is 31.2. The van der Waals surface area contributed by atoms with Gasteiger partial charge >= 0.3 is 0 Å². The summed E-state index contributed by atoms with van der Waals surface area (Å²) >= 11 is 0. The first kappa shape index (κ1) is 29.9. The van der Waals surface area contributed by atoms with Gasteiger partial charge in [0.2, 0.25) is 0 Å². The molecule has 1 aliphatic heterocycles. The molecule has 0 aliphatic carbocycles. The number of aromatic nitrogens is 2. The molecule has 1 aromatic heterocycles. The SMILES string of the molecule is CCc1nc2cccc3c2n1-c1ccc(-c2ccc4c(-c5ccccc5)c5ccccc5c(-c5ccccc5)c4c2)cc1P3(=O)c1ccccc1. The third-order valence-electron chi connectivity index (χ3n) is 10.5. The van der Waals surface area contributed by atoms with Crippen LogP contribution < -0.4 is 15.9 Å². The van der Waals surface area contributed by atoms with E-state index >= 15 is 4.57 Å². The van der Waals surface area contributed by atoms with Crippen LogP contribution in [0.2, 0.25) is 0 Å². The maximum atomic E-state index is 15.9. The van der Waals surface area contributed by atoms with Crippen molar-refractivity contribution in [3.8, 4) is 39.1 Å². The third kappa shape index (κ3) is 4.38. The molecule has 8 aromatic carbocycles. The highest BCUT2D eigenvalue weighted by molar-refractivity contribution is 7.86. The average molecular weight is 673 g/mol. The maximum absolute atomic E-state index is 15.9. The lowest BCUT2D eigenvalue weighted by Gasteiger charge is -2.29. The van der Waals surface area contributed by atoms with Gasteiger partial charge in [0, 0.05) is 22.3 Å². The minimum atomic E-state index is -3.26. The summed E-state index contributed by atoms with van der Waals surface area (Å²) in [7, 11) is -3.26. The van der Waals surface area contributed by atoms with Crippen LogP contribution in [0.25, 0.3) is 71.6 Å². The molecule has 4 heteroatoms. The van der Waals surface area contributed by atoms with Crippen molar-refractivity contribution in [1.29, 1.82) is 0 Å². The van der Waals surface area contributed by atoms with Gasteiger partial charge in [-0.25, -0.2) is 4.98 Å². The molecule has 0 N–H and O–H groups in total. The predicted octanol–water partition coefficient (Wildman–Crippen LogP) is 10.8. The number of imidazole rings is 1. The Bertz CT molecular complexity index is 2860. The van der Waals surface area contributed by atoms with Gasteiger partial charge in [0.1, 0.15) is 5.82 Å². The van der Waals surface area contributed by atoms with Crippen LogP contribution in [0.15, 0.2) is 170 Å². The van der Waals surface area contributed by atoms with Gasteiger partial charge in [-0.1, -0.05) is 146 Å². The third-order valence-corrected chi connectivity index (χ3v) is 13.6. The van der Waals surface area contributed by atoms with Crippen molar-refractivity contribution in [1.82, 2.24) is 9.55 Å². The monoisotopic (exact) mass is 672 g/mol. The van der Waals surface area contributed by atoms with Gasteiger partial charge in [-0.05, 0) is 85.3 Å². The molecule has 1 atom stereocenters. The number of para-hydroxylation sites is 1. The van der Waals surface area contributed by atoms with Gasteiger partial charge in [0.25, 0.3) is 0 Å². The van der Waals surface area contributed by atoms with Crippen molar-refractivity contribution < 1.29 is 4.57 Å². The molecule has 0 spiro atoms. The van der Waals surface area contributed by atoms with Crippen LogP contribution in [0.3, 0.4) is 0 Å². The van der Waals surface area contributed by atoms with E-state index in [1.54, 1.807) is 0 Å². The average Bonchev–Trinajstić information content (AvgIpc) is 3.59. The minimum absolute atomic E-state index is 0.773. The molecule has 0 saturated carbocycles. The highest BCUT2D eigenvalue weighted by Gasteiger charge is 2.40. The largest absolute Gasteiger partial charge is 0.308 e. The molecule has 0 radical (unpaired) electrons. The zero-order valence-electron chi connectivity index (χ0n) is 28.1. The summed E-state index contributed by atoms with van der Waals surface area (Å²) in [5.41, 5.74) is 9.75. The first-order chi connectivity index (χ1) is 25.1. The fourth-order valence-electron chi connectivity index (χ4n) is 8.29. The Morgan fingerprint density at radius 2 is 1.08 bits per heavy atom. The molecular formula is C47H33N2OP. The number of hydrogen-bond donors (Lipinski definition) is 0. The molecule has 3 nitrogen and oxygen atoms in total. The van der Waals surface area contributed by atoms with Crippen LogP contribution in [-0.4, -0.2) is 9.55 Å². The van der Waals surface area contributed by atoms with Gasteiger partial charge in [-0.3, -0.25) is 4.57 Å². The molecule has 0 fully saturated rings. The van der Waals surface area contributed by atoms with Crippen molar-refractivity contribution in [2.75, 3.05) is 0 Å². The van der Waals surface area contributed by atoms with Gasteiger partial charge in [0.05, 0.1) is 16.7 Å². The minimum Gasteiger partial charge on any atom is -0.308 e. The van der Waals surface area contributed by atoms with E-state index < -0.39 is 7.14 Å². The Balaban J connectivity index is 1.28. The Kier molecular flexibility index (Phi) is 6.74. The Morgan fingerprint density at radius 3 is 1.75 bits per heavy atom. The molecule has 0 bridgehead atoms. The number of benzene rings is 8. The fourth-order valence-corrected chi connectivity index (χ4v) is 11.3. The molecule has 1 aliphatic rings. The normalized spacial score (nSPS) is 15.0. The van der Waals surface area contributed by atoms with Crippen molar-refractivity contribution in [3.63, 3.8) is 0 Å². The summed E-state index contributed by atoms with van der Waals surface area (Å²) in [5.74, 6) is 0.976. The summed E-state index contributed by atoms with van der Waals surface area (Å²) in [6.07, 6.45) is 0.773. The Labute approximate surface area is 296 Å². The zero-order valence-corrected chi connectivity index (χ0v) is 29.0. The van der Waals surface area contributed by atoms with Crippen molar-refractivity contribution in [3.05, 3.63) is 176 Å². The molecule has 0 amide bonds. The lowest BCUT2D eigenvalue weighted by atomic mass is 9.85. The quantitative estimate of drug-likeness (QED) is 0.135. The summed E-state index contributed by atoms with van der Waals surface area (Å²) < 4.78 is 18.2. The van der Waals surface area contributed by atoms with E-state index in [4.69, 9.17) is 4.98 Å². The Morgan fingerprint density at radius 1 is 0.510 bits per heavy atom. The van der Waals surface area contributed by atoms with Crippen LogP contribution in [0.1, 0.15) is 12.7 Å². The number of rotatable bonds is 5. The fraction of sp³-hybridized carbons (Fsp3) is 0.0426. The predicted molar refractivity (Wildman–Crippen MR) is 215 cm³/mol.